The highest BCUT2D eigenvalue weighted by atomic mass is 127. The molecule has 0 aliphatic carbocycles. The highest BCUT2D eigenvalue weighted by Gasteiger charge is 2.17. The van der Waals surface area contributed by atoms with Gasteiger partial charge in [-0.2, -0.15) is 0 Å². The van der Waals surface area contributed by atoms with Gasteiger partial charge in [-0.3, -0.25) is 0 Å². The Balaban J connectivity index is 2.64. The number of hydrogen-bond donors (Lipinski definition) is 1. The smallest absolute Gasteiger partial charge is 0.185 e. The van der Waals surface area contributed by atoms with Crippen LogP contribution in [0.4, 0.5) is 10.2 Å². The number of benzene rings is 1. The molecule has 15 heavy (non-hydrogen) atoms. The first-order valence-corrected chi connectivity index (χ1v) is 5.42. The van der Waals surface area contributed by atoms with Crippen molar-refractivity contribution < 1.29 is 8.91 Å². The number of hydrogen-bond acceptors (Lipinski definition) is 3. The molecule has 1 aromatic heterocycles. The van der Waals surface area contributed by atoms with Crippen molar-refractivity contribution in [3.05, 3.63) is 32.6 Å². The summed E-state index contributed by atoms with van der Waals surface area (Å²) in [5.74, 6) is 0.00584. The van der Waals surface area contributed by atoms with Crippen LogP contribution < -0.4 is 5.73 Å². The van der Waals surface area contributed by atoms with Crippen molar-refractivity contribution in [2.24, 2.45) is 0 Å². The Morgan fingerprint density at radius 1 is 1.47 bits per heavy atom. The molecule has 1 heterocycles. The third-order valence-corrected chi connectivity index (χ3v) is 3.19. The van der Waals surface area contributed by atoms with Gasteiger partial charge >= 0.3 is 0 Å². The average Bonchev–Trinajstić information content (AvgIpc) is 2.53. The van der Waals surface area contributed by atoms with Gasteiger partial charge in [0.05, 0.1) is 10.6 Å². The molecule has 0 saturated carbocycles. The van der Waals surface area contributed by atoms with Gasteiger partial charge in [-0.25, -0.2) is 4.39 Å². The third-order valence-electron chi connectivity index (χ3n) is 1.86. The number of nitrogens with zero attached hydrogens (tertiary/aromatic N) is 1. The lowest BCUT2D eigenvalue weighted by Gasteiger charge is -2.00. The van der Waals surface area contributed by atoms with Gasteiger partial charge in [0.15, 0.2) is 17.4 Å². The minimum atomic E-state index is -0.534. The van der Waals surface area contributed by atoms with Crippen molar-refractivity contribution in [2.75, 3.05) is 5.73 Å². The molecule has 78 valence electrons. The Bertz CT molecular complexity index is 515. The molecule has 0 saturated heterocycles. The normalized spacial score (nSPS) is 10.6. The van der Waals surface area contributed by atoms with Gasteiger partial charge in [0.25, 0.3) is 0 Å². The monoisotopic (exact) mass is 338 g/mol. The summed E-state index contributed by atoms with van der Waals surface area (Å²) < 4.78 is 19.1. The lowest BCUT2D eigenvalue weighted by Crippen LogP contribution is -1.88. The zero-order valence-electron chi connectivity index (χ0n) is 7.30. The Labute approximate surface area is 104 Å². The minimum absolute atomic E-state index is 0.0401. The predicted octanol–water partition coefficient (Wildman–Crippen LogP) is 3.32. The van der Waals surface area contributed by atoms with E-state index in [-0.39, 0.29) is 16.4 Å². The van der Waals surface area contributed by atoms with Crippen LogP contribution in [0.2, 0.25) is 5.02 Å². The maximum absolute atomic E-state index is 13.6. The van der Waals surface area contributed by atoms with Crippen LogP contribution in [0.5, 0.6) is 0 Å². The fourth-order valence-corrected chi connectivity index (χ4v) is 1.80. The third kappa shape index (κ3) is 1.81. The Hall–Kier alpha value is -0.820. The van der Waals surface area contributed by atoms with E-state index in [1.807, 2.05) is 22.6 Å². The van der Waals surface area contributed by atoms with Crippen LogP contribution in [0, 0.1) is 9.39 Å². The van der Waals surface area contributed by atoms with Crippen LogP contribution in [0.25, 0.3) is 11.3 Å². The first-order chi connectivity index (χ1) is 7.11. The van der Waals surface area contributed by atoms with E-state index in [2.05, 4.69) is 5.16 Å². The highest BCUT2D eigenvalue weighted by Crippen LogP contribution is 2.33. The minimum Gasteiger partial charge on any atom is -0.380 e. The molecule has 0 bridgehead atoms. The van der Waals surface area contributed by atoms with E-state index >= 15 is 0 Å². The fraction of sp³-hybridized carbons (Fsp3) is 0. The molecule has 0 spiro atoms. The molecule has 0 fully saturated rings. The Morgan fingerprint density at radius 3 is 2.80 bits per heavy atom. The molecule has 0 radical (unpaired) electrons. The number of rotatable bonds is 1. The second kappa shape index (κ2) is 3.97. The number of aromatic nitrogens is 1. The summed E-state index contributed by atoms with van der Waals surface area (Å²) >= 11 is 7.59. The lowest BCUT2D eigenvalue weighted by molar-refractivity contribution is 0.433. The van der Waals surface area contributed by atoms with Gasteiger partial charge in [-0.15, -0.1) is 0 Å². The molecule has 0 unspecified atom stereocenters. The average molecular weight is 339 g/mol. The molecule has 1 aromatic carbocycles. The van der Waals surface area contributed by atoms with Gasteiger partial charge < -0.3 is 10.3 Å². The van der Waals surface area contributed by atoms with E-state index in [9.17, 15) is 4.39 Å². The molecule has 0 aliphatic heterocycles. The largest absolute Gasteiger partial charge is 0.380 e. The van der Waals surface area contributed by atoms with E-state index in [0.29, 0.717) is 9.33 Å². The SMILES string of the molecule is Nc1noc(-c2cccc(Cl)c2F)c1I. The van der Waals surface area contributed by atoms with E-state index in [4.69, 9.17) is 21.9 Å². The van der Waals surface area contributed by atoms with E-state index in [1.54, 1.807) is 12.1 Å². The van der Waals surface area contributed by atoms with Crippen LogP contribution in [-0.2, 0) is 0 Å². The molecular weight excluding hydrogens is 333 g/mol. The summed E-state index contributed by atoms with van der Waals surface area (Å²) in [6, 6.07) is 4.66. The van der Waals surface area contributed by atoms with Gasteiger partial charge in [0, 0.05) is 0 Å². The molecule has 0 aliphatic rings. The fourth-order valence-electron chi connectivity index (χ4n) is 1.14. The molecule has 2 aromatic rings. The highest BCUT2D eigenvalue weighted by molar-refractivity contribution is 14.1. The first kappa shape index (κ1) is 10.7. The first-order valence-electron chi connectivity index (χ1n) is 3.96. The molecular formula is C9H5ClFIN2O. The van der Waals surface area contributed by atoms with E-state index in [1.165, 1.54) is 6.07 Å². The van der Waals surface area contributed by atoms with Crippen LogP contribution in [-0.4, -0.2) is 5.16 Å². The lowest BCUT2D eigenvalue weighted by atomic mass is 10.1. The van der Waals surface area contributed by atoms with Crippen molar-refractivity contribution in [1.82, 2.24) is 5.16 Å². The van der Waals surface area contributed by atoms with Crippen molar-refractivity contribution in [1.29, 1.82) is 0 Å². The number of nitrogen functional groups attached to an aromatic ring is 1. The van der Waals surface area contributed by atoms with Crippen LogP contribution >= 0.6 is 34.2 Å². The predicted molar refractivity (Wildman–Crippen MR) is 64.0 cm³/mol. The van der Waals surface area contributed by atoms with Crippen molar-refractivity contribution >= 4 is 40.0 Å². The maximum atomic E-state index is 13.6. The van der Waals surface area contributed by atoms with Crippen LogP contribution in [0.3, 0.4) is 0 Å². The topological polar surface area (TPSA) is 52.0 Å². The molecule has 0 amide bonds. The molecule has 0 atom stereocenters. The Morgan fingerprint density at radius 2 is 2.20 bits per heavy atom. The van der Waals surface area contributed by atoms with E-state index < -0.39 is 5.82 Å². The zero-order valence-corrected chi connectivity index (χ0v) is 10.2. The van der Waals surface area contributed by atoms with Crippen molar-refractivity contribution in [3.8, 4) is 11.3 Å². The van der Waals surface area contributed by atoms with E-state index in [0.717, 1.165) is 0 Å². The number of nitrogens with two attached hydrogens (primary N) is 1. The maximum Gasteiger partial charge on any atom is 0.185 e. The Kier molecular flexibility index (Phi) is 2.83. The van der Waals surface area contributed by atoms with Crippen molar-refractivity contribution in [2.45, 2.75) is 0 Å². The van der Waals surface area contributed by atoms with Gasteiger partial charge in [-0.1, -0.05) is 22.8 Å². The number of halogens is 3. The van der Waals surface area contributed by atoms with Gasteiger partial charge in [0.1, 0.15) is 3.57 Å². The van der Waals surface area contributed by atoms with Crippen molar-refractivity contribution in [3.63, 3.8) is 0 Å². The van der Waals surface area contributed by atoms with Gasteiger partial charge in [0.2, 0.25) is 0 Å². The quantitative estimate of drug-likeness (QED) is 0.812. The standard InChI is InChI=1S/C9H5ClFIN2O/c10-5-3-1-2-4(6(5)11)8-7(12)9(13)14-15-8/h1-3H,(H2,13,14). The summed E-state index contributed by atoms with van der Waals surface area (Å²) in [6.07, 6.45) is 0. The van der Waals surface area contributed by atoms with Crippen LogP contribution in [0.15, 0.2) is 22.7 Å². The molecule has 3 nitrogen and oxygen atoms in total. The second-order valence-electron chi connectivity index (χ2n) is 2.81. The summed E-state index contributed by atoms with van der Waals surface area (Å²) in [7, 11) is 0. The summed E-state index contributed by atoms with van der Waals surface area (Å²) in [5, 5.41) is 3.59. The second-order valence-corrected chi connectivity index (χ2v) is 4.30. The molecule has 2 rings (SSSR count). The summed E-state index contributed by atoms with van der Waals surface area (Å²) in [6.45, 7) is 0. The number of anilines is 1. The van der Waals surface area contributed by atoms with Gasteiger partial charge in [-0.05, 0) is 34.7 Å². The summed E-state index contributed by atoms with van der Waals surface area (Å²) in [5.41, 5.74) is 5.76. The zero-order chi connectivity index (χ0) is 11.0. The van der Waals surface area contributed by atoms with Crippen LogP contribution in [0.1, 0.15) is 0 Å². The molecule has 6 heteroatoms. The molecule has 2 N–H and O–H groups in total. The summed E-state index contributed by atoms with van der Waals surface area (Å²) in [4.78, 5) is 0.